The predicted molar refractivity (Wildman–Crippen MR) is 81.0 cm³/mol. The van der Waals surface area contributed by atoms with Gasteiger partial charge in [0, 0.05) is 25.1 Å². The van der Waals surface area contributed by atoms with Crippen LogP contribution >= 0.6 is 12.4 Å². The van der Waals surface area contributed by atoms with Gasteiger partial charge in [-0.2, -0.15) is 0 Å². The molecule has 7 heteroatoms. The lowest BCUT2D eigenvalue weighted by atomic mass is 10.1. The minimum Gasteiger partial charge on any atom is -0.350 e. The van der Waals surface area contributed by atoms with Gasteiger partial charge in [-0.3, -0.25) is 9.59 Å². The minimum absolute atomic E-state index is 0. The second-order valence-corrected chi connectivity index (χ2v) is 5.09. The molecule has 1 unspecified atom stereocenters. The van der Waals surface area contributed by atoms with Crippen LogP contribution in [0.1, 0.15) is 30.1 Å². The fourth-order valence-electron chi connectivity index (χ4n) is 1.96. The Labute approximate surface area is 128 Å². The number of carbonyl (C=O) groups is 2. The van der Waals surface area contributed by atoms with Crippen LogP contribution in [-0.4, -0.2) is 24.4 Å². The maximum atomic E-state index is 13.5. The van der Waals surface area contributed by atoms with Crippen molar-refractivity contribution in [1.82, 2.24) is 5.32 Å². The molecule has 1 fully saturated rings. The van der Waals surface area contributed by atoms with E-state index in [1.807, 2.05) is 0 Å². The summed E-state index contributed by atoms with van der Waals surface area (Å²) in [6, 6.07) is 3.81. The standard InChI is InChI=1S/C14H18FN3O2.ClH/c1-8(19)18-13-6-10(4-5-11(13)15)14(20)17-7-12(16)9-2-3-9;/h4-6,9,12H,2-3,7,16H2,1H3,(H,17,20)(H,18,19);1H. The Bertz CT molecular complexity index is 535. The first-order valence-corrected chi connectivity index (χ1v) is 6.58. The molecule has 1 aromatic carbocycles. The first-order chi connectivity index (χ1) is 9.47. The topological polar surface area (TPSA) is 84.2 Å². The Hall–Kier alpha value is -1.66. The number of carbonyl (C=O) groups excluding carboxylic acids is 2. The van der Waals surface area contributed by atoms with Crippen LogP contribution in [-0.2, 0) is 4.79 Å². The summed E-state index contributed by atoms with van der Waals surface area (Å²) in [6.45, 7) is 1.68. The molecule has 116 valence electrons. The van der Waals surface area contributed by atoms with E-state index in [0.717, 1.165) is 18.9 Å². The number of hydrogen-bond acceptors (Lipinski definition) is 3. The van der Waals surface area contributed by atoms with E-state index < -0.39 is 11.7 Å². The fraction of sp³-hybridized carbons (Fsp3) is 0.429. The Balaban J connectivity index is 0.00000220. The van der Waals surface area contributed by atoms with E-state index in [9.17, 15) is 14.0 Å². The number of amides is 2. The van der Waals surface area contributed by atoms with Crippen molar-refractivity contribution >= 4 is 29.9 Å². The predicted octanol–water partition coefficient (Wildman–Crippen LogP) is 1.67. The van der Waals surface area contributed by atoms with Gasteiger partial charge in [0.2, 0.25) is 5.91 Å². The highest BCUT2D eigenvalue weighted by molar-refractivity contribution is 5.96. The first-order valence-electron chi connectivity index (χ1n) is 6.58. The van der Waals surface area contributed by atoms with E-state index >= 15 is 0 Å². The average molecular weight is 316 g/mol. The zero-order chi connectivity index (χ0) is 14.7. The van der Waals surface area contributed by atoms with E-state index in [0.29, 0.717) is 12.5 Å². The lowest BCUT2D eigenvalue weighted by Crippen LogP contribution is -2.38. The molecular weight excluding hydrogens is 297 g/mol. The number of benzene rings is 1. The van der Waals surface area contributed by atoms with Crippen LogP contribution in [0.4, 0.5) is 10.1 Å². The molecule has 0 radical (unpaired) electrons. The molecule has 0 aromatic heterocycles. The molecule has 0 saturated heterocycles. The zero-order valence-corrected chi connectivity index (χ0v) is 12.5. The molecule has 2 rings (SSSR count). The van der Waals surface area contributed by atoms with Gasteiger partial charge in [-0.1, -0.05) is 0 Å². The number of hydrogen-bond donors (Lipinski definition) is 3. The Morgan fingerprint density at radius 2 is 2.10 bits per heavy atom. The molecule has 2 amide bonds. The average Bonchev–Trinajstić information content (AvgIpc) is 3.22. The Morgan fingerprint density at radius 3 is 2.67 bits per heavy atom. The molecule has 21 heavy (non-hydrogen) atoms. The first kappa shape index (κ1) is 17.4. The number of rotatable bonds is 5. The third-order valence-electron chi connectivity index (χ3n) is 3.27. The molecule has 0 bridgehead atoms. The van der Waals surface area contributed by atoms with Crippen molar-refractivity contribution in [3.8, 4) is 0 Å². The van der Waals surface area contributed by atoms with Crippen LogP contribution in [0, 0.1) is 11.7 Å². The molecule has 1 saturated carbocycles. The van der Waals surface area contributed by atoms with Gasteiger partial charge in [0.15, 0.2) is 0 Å². The van der Waals surface area contributed by atoms with E-state index in [-0.39, 0.29) is 35.6 Å². The van der Waals surface area contributed by atoms with E-state index in [4.69, 9.17) is 5.73 Å². The summed E-state index contributed by atoms with van der Waals surface area (Å²) in [6.07, 6.45) is 2.22. The zero-order valence-electron chi connectivity index (χ0n) is 11.7. The van der Waals surface area contributed by atoms with Crippen LogP contribution < -0.4 is 16.4 Å². The molecule has 1 atom stereocenters. The summed E-state index contributed by atoms with van der Waals surface area (Å²) in [5.41, 5.74) is 6.18. The molecule has 0 spiro atoms. The molecule has 0 aliphatic heterocycles. The monoisotopic (exact) mass is 315 g/mol. The highest BCUT2D eigenvalue weighted by Gasteiger charge is 2.28. The Morgan fingerprint density at radius 1 is 1.43 bits per heavy atom. The van der Waals surface area contributed by atoms with E-state index in [1.165, 1.54) is 19.1 Å². The third kappa shape index (κ3) is 4.99. The van der Waals surface area contributed by atoms with Gasteiger partial charge in [-0.05, 0) is 37.0 Å². The summed E-state index contributed by atoms with van der Waals surface area (Å²) < 4.78 is 13.5. The molecule has 5 nitrogen and oxygen atoms in total. The lowest BCUT2D eigenvalue weighted by Gasteiger charge is -2.12. The maximum absolute atomic E-state index is 13.5. The number of nitrogens with two attached hydrogens (primary N) is 1. The van der Waals surface area contributed by atoms with Crippen molar-refractivity contribution < 1.29 is 14.0 Å². The minimum atomic E-state index is -0.577. The van der Waals surface area contributed by atoms with Crippen LogP contribution in [0.3, 0.4) is 0 Å². The highest BCUT2D eigenvalue weighted by atomic mass is 35.5. The normalized spacial score (nSPS) is 14.8. The summed E-state index contributed by atoms with van der Waals surface area (Å²) in [5, 5.41) is 5.06. The van der Waals surface area contributed by atoms with Crippen molar-refractivity contribution in [2.75, 3.05) is 11.9 Å². The summed E-state index contributed by atoms with van der Waals surface area (Å²) in [5.74, 6) is -0.796. The van der Waals surface area contributed by atoms with Crippen molar-refractivity contribution in [2.45, 2.75) is 25.8 Å². The van der Waals surface area contributed by atoms with Gasteiger partial charge in [0.1, 0.15) is 5.82 Å². The second-order valence-electron chi connectivity index (χ2n) is 5.09. The Kier molecular flexibility index (Phi) is 6.11. The van der Waals surface area contributed by atoms with Gasteiger partial charge < -0.3 is 16.4 Å². The maximum Gasteiger partial charge on any atom is 0.251 e. The van der Waals surface area contributed by atoms with E-state index in [1.54, 1.807) is 0 Å². The largest absolute Gasteiger partial charge is 0.350 e. The van der Waals surface area contributed by atoms with Gasteiger partial charge in [-0.15, -0.1) is 12.4 Å². The third-order valence-corrected chi connectivity index (χ3v) is 3.27. The molecule has 1 aromatic rings. The summed E-state index contributed by atoms with van der Waals surface area (Å²) >= 11 is 0. The SMILES string of the molecule is CC(=O)Nc1cc(C(=O)NCC(N)C2CC2)ccc1F.Cl. The number of nitrogens with one attached hydrogen (secondary N) is 2. The van der Waals surface area contributed by atoms with Gasteiger partial charge in [0.25, 0.3) is 5.91 Å². The van der Waals surface area contributed by atoms with Crippen molar-refractivity contribution in [3.63, 3.8) is 0 Å². The quantitative estimate of drug-likeness (QED) is 0.773. The van der Waals surface area contributed by atoms with E-state index in [2.05, 4.69) is 10.6 Å². The van der Waals surface area contributed by atoms with Crippen molar-refractivity contribution in [1.29, 1.82) is 0 Å². The van der Waals surface area contributed by atoms with Crippen molar-refractivity contribution in [3.05, 3.63) is 29.6 Å². The summed E-state index contributed by atoms with van der Waals surface area (Å²) in [4.78, 5) is 22.9. The van der Waals surface area contributed by atoms with Crippen LogP contribution in [0.5, 0.6) is 0 Å². The highest BCUT2D eigenvalue weighted by Crippen LogP contribution is 2.31. The lowest BCUT2D eigenvalue weighted by molar-refractivity contribution is -0.114. The fourth-order valence-corrected chi connectivity index (χ4v) is 1.96. The molecule has 1 aliphatic rings. The number of halogens is 2. The molecule has 4 N–H and O–H groups in total. The summed E-state index contributed by atoms with van der Waals surface area (Å²) in [7, 11) is 0. The smallest absolute Gasteiger partial charge is 0.251 e. The number of anilines is 1. The second kappa shape index (κ2) is 7.38. The van der Waals surface area contributed by atoms with Crippen LogP contribution in [0.2, 0.25) is 0 Å². The van der Waals surface area contributed by atoms with Crippen LogP contribution in [0.15, 0.2) is 18.2 Å². The van der Waals surface area contributed by atoms with Crippen molar-refractivity contribution in [2.24, 2.45) is 11.7 Å². The van der Waals surface area contributed by atoms with Crippen LogP contribution in [0.25, 0.3) is 0 Å². The molecule has 1 aliphatic carbocycles. The molecular formula is C14H19ClFN3O2. The van der Waals surface area contributed by atoms with Gasteiger partial charge >= 0.3 is 0 Å². The molecule has 0 heterocycles. The van der Waals surface area contributed by atoms with Gasteiger partial charge in [0.05, 0.1) is 5.69 Å². The van der Waals surface area contributed by atoms with Gasteiger partial charge in [-0.25, -0.2) is 4.39 Å².